The third kappa shape index (κ3) is 4.33. The zero-order valence-corrected chi connectivity index (χ0v) is 16.8. The molecule has 0 unspecified atom stereocenters. The third-order valence-electron chi connectivity index (χ3n) is 5.06. The molecule has 0 aliphatic heterocycles. The van der Waals surface area contributed by atoms with E-state index in [0.717, 1.165) is 11.4 Å². The SMILES string of the molecule is Cc1cc(C)c(N=Cc2ccccn2)c(C(c2ccccc2)c2ccccc2)c1. The van der Waals surface area contributed by atoms with E-state index in [9.17, 15) is 0 Å². The van der Waals surface area contributed by atoms with Crippen molar-refractivity contribution in [2.24, 2.45) is 4.99 Å². The van der Waals surface area contributed by atoms with Crippen molar-refractivity contribution in [2.75, 3.05) is 0 Å². The standard InChI is InChI=1S/C27H24N2/c1-20-17-21(2)27(29-19-24-15-9-10-16-28-24)25(18-20)26(22-11-5-3-6-12-22)23-13-7-4-8-14-23/h3-19,26H,1-2H3. The average Bonchev–Trinajstić information content (AvgIpc) is 2.75. The van der Waals surface area contributed by atoms with E-state index in [1.807, 2.05) is 24.4 Å². The van der Waals surface area contributed by atoms with Gasteiger partial charge >= 0.3 is 0 Å². The number of benzene rings is 3. The van der Waals surface area contributed by atoms with Gasteiger partial charge in [0.2, 0.25) is 0 Å². The van der Waals surface area contributed by atoms with Crippen molar-refractivity contribution in [2.45, 2.75) is 19.8 Å². The smallest absolute Gasteiger partial charge is 0.0812 e. The Kier molecular flexibility index (Phi) is 5.62. The van der Waals surface area contributed by atoms with Crippen LogP contribution in [0.2, 0.25) is 0 Å². The molecule has 3 aromatic carbocycles. The van der Waals surface area contributed by atoms with E-state index in [1.54, 1.807) is 6.20 Å². The first-order valence-electron chi connectivity index (χ1n) is 9.88. The summed E-state index contributed by atoms with van der Waals surface area (Å²) in [6.45, 7) is 4.28. The van der Waals surface area contributed by atoms with E-state index in [-0.39, 0.29) is 5.92 Å². The van der Waals surface area contributed by atoms with Crippen molar-refractivity contribution in [3.05, 3.63) is 131 Å². The van der Waals surface area contributed by atoms with E-state index in [1.165, 1.54) is 27.8 Å². The fourth-order valence-electron chi connectivity index (χ4n) is 3.81. The topological polar surface area (TPSA) is 25.2 Å². The Balaban J connectivity index is 1.90. The molecule has 29 heavy (non-hydrogen) atoms. The largest absolute Gasteiger partial charge is 0.255 e. The molecule has 1 aromatic heterocycles. The fraction of sp³-hybridized carbons (Fsp3) is 0.111. The van der Waals surface area contributed by atoms with Gasteiger partial charge in [0.1, 0.15) is 0 Å². The highest BCUT2D eigenvalue weighted by Gasteiger charge is 2.21. The van der Waals surface area contributed by atoms with Gasteiger partial charge in [-0.15, -0.1) is 0 Å². The zero-order valence-electron chi connectivity index (χ0n) is 16.8. The van der Waals surface area contributed by atoms with Gasteiger partial charge in [0.05, 0.1) is 17.6 Å². The Hall–Kier alpha value is -3.52. The van der Waals surface area contributed by atoms with Crippen molar-refractivity contribution in [1.29, 1.82) is 0 Å². The maximum Gasteiger partial charge on any atom is 0.0812 e. The average molecular weight is 377 g/mol. The molecule has 0 saturated carbocycles. The van der Waals surface area contributed by atoms with E-state index in [2.05, 4.69) is 91.6 Å². The predicted molar refractivity (Wildman–Crippen MR) is 121 cm³/mol. The molecule has 2 nitrogen and oxygen atoms in total. The molecule has 0 aliphatic carbocycles. The van der Waals surface area contributed by atoms with Crippen molar-refractivity contribution in [1.82, 2.24) is 4.98 Å². The minimum absolute atomic E-state index is 0.117. The lowest BCUT2D eigenvalue weighted by molar-refractivity contribution is 0.970. The van der Waals surface area contributed by atoms with Crippen LogP contribution in [0.3, 0.4) is 0 Å². The highest BCUT2D eigenvalue weighted by molar-refractivity contribution is 5.81. The molecule has 0 amide bonds. The highest BCUT2D eigenvalue weighted by Crippen LogP contribution is 2.39. The van der Waals surface area contributed by atoms with Gasteiger partial charge in [-0.3, -0.25) is 9.98 Å². The summed E-state index contributed by atoms with van der Waals surface area (Å²) in [6, 6.07) is 31.6. The molecule has 0 saturated heterocycles. The van der Waals surface area contributed by atoms with E-state index < -0.39 is 0 Å². The summed E-state index contributed by atoms with van der Waals surface area (Å²) in [5.74, 6) is 0.117. The number of nitrogens with zero attached hydrogens (tertiary/aromatic N) is 2. The number of hydrogen-bond donors (Lipinski definition) is 0. The van der Waals surface area contributed by atoms with E-state index >= 15 is 0 Å². The summed E-state index contributed by atoms with van der Waals surface area (Å²) in [7, 11) is 0. The zero-order chi connectivity index (χ0) is 20.1. The Bertz CT molecular complexity index is 1060. The highest BCUT2D eigenvalue weighted by atomic mass is 14.8. The van der Waals surface area contributed by atoms with Crippen molar-refractivity contribution in [3.63, 3.8) is 0 Å². The van der Waals surface area contributed by atoms with Crippen molar-refractivity contribution in [3.8, 4) is 0 Å². The number of aromatic nitrogens is 1. The molecule has 0 N–H and O–H groups in total. The molecule has 0 bridgehead atoms. The van der Waals surface area contributed by atoms with Gasteiger partial charge in [-0.05, 0) is 48.2 Å². The summed E-state index contributed by atoms with van der Waals surface area (Å²) < 4.78 is 0. The van der Waals surface area contributed by atoms with Crippen LogP contribution < -0.4 is 0 Å². The number of aryl methyl sites for hydroxylation is 2. The first-order chi connectivity index (χ1) is 14.2. The normalized spacial score (nSPS) is 11.3. The van der Waals surface area contributed by atoms with Gasteiger partial charge in [0, 0.05) is 12.1 Å². The number of aliphatic imine (C=N–C) groups is 1. The van der Waals surface area contributed by atoms with Crippen LogP contribution in [-0.2, 0) is 0 Å². The van der Waals surface area contributed by atoms with Crippen molar-refractivity contribution < 1.29 is 0 Å². The van der Waals surface area contributed by atoms with Gasteiger partial charge in [-0.2, -0.15) is 0 Å². The summed E-state index contributed by atoms with van der Waals surface area (Å²) in [4.78, 5) is 9.28. The van der Waals surface area contributed by atoms with Gasteiger partial charge in [0.15, 0.2) is 0 Å². The Morgan fingerprint density at radius 1 is 0.759 bits per heavy atom. The molecule has 0 atom stereocenters. The Labute approximate surface area is 172 Å². The molecule has 0 fully saturated rings. The number of rotatable bonds is 5. The first kappa shape index (κ1) is 18.8. The maximum absolute atomic E-state index is 4.90. The van der Waals surface area contributed by atoms with Crippen LogP contribution in [0.1, 0.15) is 39.4 Å². The minimum atomic E-state index is 0.117. The summed E-state index contributed by atoms with van der Waals surface area (Å²) >= 11 is 0. The molecular formula is C27H24N2. The van der Waals surface area contributed by atoms with Crippen LogP contribution in [0, 0.1) is 13.8 Å². The Morgan fingerprint density at radius 2 is 1.38 bits per heavy atom. The molecule has 2 heteroatoms. The van der Waals surface area contributed by atoms with Crippen LogP contribution in [0.5, 0.6) is 0 Å². The second-order valence-electron chi connectivity index (χ2n) is 7.29. The van der Waals surface area contributed by atoms with Gasteiger partial charge < -0.3 is 0 Å². The van der Waals surface area contributed by atoms with Crippen LogP contribution in [0.25, 0.3) is 0 Å². The predicted octanol–water partition coefficient (Wildman–Crippen LogP) is 6.63. The molecular weight excluding hydrogens is 352 g/mol. The minimum Gasteiger partial charge on any atom is -0.255 e. The van der Waals surface area contributed by atoms with Crippen LogP contribution in [0.4, 0.5) is 5.69 Å². The van der Waals surface area contributed by atoms with E-state index in [0.29, 0.717) is 0 Å². The molecule has 0 spiro atoms. The quantitative estimate of drug-likeness (QED) is 0.283. The molecule has 4 aromatic rings. The van der Waals surface area contributed by atoms with Crippen LogP contribution in [-0.4, -0.2) is 11.2 Å². The lowest BCUT2D eigenvalue weighted by Gasteiger charge is -2.22. The molecule has 4 rings (SSSR count). The maximum atomic E-state index is 4.90. The second-order valence-corrected chi connectivity index (χ2v) is 7.29. The summed E-state index contributed by atoms with van der Waals surface area (Å²) in [6.07, 6.45) is 3.65. The van der Waals surface area contributed by atoms with Crippen LogP contribution in [0.15, 0.2) is 102 Å². The number of pyridine rings is 1. The lowest BCUT2D eigenvalue weighted by atomic mass is 9.83. The Morgan fingerprint density at radius 3 is 1.97 bits per heavy atom. The fourth-order valence-corrected chi connectivity index (χ4v) is 3.81. The van der Waals surface area contributed by atoms with Crippen LogP contribution >= 0.6 is 0 Å². The van der Waals surface area contributed by atoms with E-state index in [4.69, 9.17) is 4.99 Å². The monoisotopic (exact) mass is 376 g/mol. The van der Waals surface area contributed by atoms with Gasteiger partial charge in [0.25, 0.3) is 0 Å². The molecule has 0 aliphatic rings. The first-order valence-corrected chi connectivity index (χ1v) is 9.88. The van der Waals surface area contributed by atoms with Gasteiger partial charge in [-0.25, -0.2) is 0 Å². The molecule has 142 valence electrons. The third-order valence-corrected chi connectivity index (χ3v) is 5.06. The van der Waals surface area contributed by atoms with Gasteiger partial charge in [-0.1, -0.05) is 84.4 Å². The lowest BCUT2D eigenvalue weighted by Crippen LogP contribution is -2.05. The van der Waals surface area contributed by atoms with Crippen molar-refractivity contribution >= 4 is 11.9 Å². The summed E-state index contributed by atoms with van der Waals surface area (Å²) in [5, 5.41) is 0. The second kappa shape index (κ2) is 8.66. The number of hydrogen-bond acceptors (Lipinski definition) is 2. The molecule has 0 radical (unpaired) electrons. The molecule has 1 heterocycles. The summed E-state index contributed by atoms with van der Waals surface area (Å²) in [5.41, 5.74) is 8.02.